The molecule has 1 N–H and O–H groups in total. The molecule has 0 saturated heterocycles. The second-order valence-electron chi connectivity index (χ2n) is 5.43. The summed E-state index contributed by atoms with van der Waals surface area (Å²) in [6, 6.07) is 8.31. The van der Waals surface area contributed by atoms with Crippen molar-refractivity contribution in [1.29, 1.82) is 0 Å². The van der Waals surface area contributed by atoms with Crippen LogP contribution in [-0.4, -0.2) is 15.9 Å². The van der Waals surface area contributed by atoms with Gasteiger partial charge in [-0.25, -0.2) is 18.7 Å². The maximum atomic E-state index is 12.9. The highest BCUT2D eigenvalue weighted by Gasteiger charge is 2.29. The third-order valence-electron chi connectivity index (χ3n) is 3.44. The first-order chi connectivity index (χ1) is 10.5. The molecular weight excluding hydrogens is 288 g/mol. The summed E-state index contributed by atoms with van der Waals surface area (Å²) in [6.45, 7) is 1.90. The number of nitrogens with zero attached hydrogens (tertiary/aromatic N) is 2. The van der Waals surface area contributed by atoms with Gasteiger partial charge in [0, 0.05) is 11.6 Å². The van der Waals surface area contributed by atoms with E-state index in [1.165, 1.54) is 0 Å². The first kappa shape index (κ1) is 14.6. The number of aryl methyl sites for hydroxylation is 1. The summed E-state index contributed by atoms with van der Waals surface area (Å²) < 4.78 is 25.9. The van der Waals surface area contributed by atoms with Gasteiger partial charge in [0.25, 0.3) is 12.3 Å². The van der Waals surface area contributed by atoms with E-state index < -0.39 is 18.0 Å². The van der Waals surface area contributed by atoms with Gasteiger partial charge in [0.1, 0.15) is 17.2 Å². The molecule has 0 radical (unpaired) electrons. The number of rotatable bonds is 4. The monoisotopic (exact) mass is 303 g/mol. The minimum atomic E-state index is -2.72. The van der Waals surface area contributed by atoms with E-state index in [2.05, 4.69) is 15.3 Å². The van der Waals surface area contributed by atoms with Crippen molar-refractivity contribution >= 4 is 11.6 Å². The largest absolute Gasteiger partial charge is 0.321 e. The van der Waals surface area contributed by atoms with Gasteiger partial charge in [0.2, 0.25) is 0 Å². The minimum Gasteiger partial charge on any atom is -0.321 e. The highest BCUT2D eigenvalue weighted by Crippen LogP contribution is 2.38. The van der Waals surface area contributed by atoms with E-state index in [1.807, 2.05) is 19.1 Å². The number of aromatic nitrogens is 2. The zero-order valence-electron chi connectivity index (χ0n) is 12.0. The Morgan fingerprint density at radius 1 is 1.27 bits per heavy atom. The lowest BCUT2D eigenvalue weighted by Gasteiger charge is -2.08. The average molecular weight is 303 g/mol. The quantitative estimate of drug-likeness (QED) is 0.933. The fourth-order valence-electron chi connectivity index (χ4n) is 2.16. The molecule has 0 spiro atoms. The molecule has 0 atom stereocenters. The Morgan fingerprint density at radius 3 is 2.68 bits per heavy atom. The number of anilines is 1. The summed E-state index contributed by atoms with van der Waals surface area (Å²) in [7, 11) is 0. The molecule has 2 aromatic rings. The highest BCUT2D eigenvalue weighted by molar-refractivity contribution is 6.02. The number of hydrogen-bond acceptors (Lipinski definition) is 3. The molecule has 1 aliphatic rings. The summed E-state index contributed by atoms with van der Waals surface area (Å²) in [5.41, 5.74) is 1.18. The van der Waals surface area contributed by atoms with Gasteiger partial charge in [0.15, 0.2) is 0 Å². The summed E-state index contributed by atoms with van der Waals surface area (Å²) >= 11 is 0. The fourth-order valence-corrected chi connectivity index (χ4v) is 2.16. The van der Waals surface area contributed by atoms with Crippen molar-refractivity contribution < 1.29 is 13.6 Å². The molecule has 22 heavy (non-hydrogen) atoms. The number of carbonyl (C=O) groups excluding carboxylic acids is 1. The molecule has 114 valence electrons. The number of benzene rings is 1. The van der Waals surface area contributed by atoms with E-state index in [1.54, 1.807) is 12.1 Å². The normalized spacial score (nSPS) is 14.2. The Morgan fingerprint density at radius 2 is 2.05 bits per heavy atom. The Balaban J connectivity index is 1.87. The second kappa shape index (κ2) is 5.79. The third-order valence-corrected chi connectivity index (χ3v) is 3.44. The smallest absolute Gasteiger partial charge is 0.280 e. The Labute approximate surface area is 126 Å². The van der Waals surface area contributed by atoms with Crippen LogP contribution in [0, 0.1) is 6.92 Å². The molecule has 1 aromatic carbocycles. The Bertz CT molecular complexity index is 694. The molecule has 4 nitrogen and oxygen atoms in total. The molecule has 1 fully saturated rings. The maximum Gasteiger partial charge on any atom is 0.280 e. The summed E-state index contributed by atoms with van der Waals surface area (Å²) in [5, 5.41) is 2.68. The van der Waals surface area contributed by atoms with Gasteiger partial charge in [-0.05, 0) is 43.5 Å². The maximum absolute atomic E-state index is 12.9. The van der Waals surface area contributed by atoms with Gasteiger partial charge in [-0.2, -0.15) is 0 Å². The van der Waals surface area contributed by atoms with Crippen LogP contribution < -0.4 is 5.32 Å². The average Bonchev–Trinajstić information content (AvgIpc) is 3.31. The molecule has 1 aromatic heterocycles. The SMILES string of the molecule is Cc1cccc(NC(=O)c2cc(C(F)F)nc(C3CC3)n2)c1. The van der Waals surface area contributed by atoms with Crippen molar-refractivity contribution in [3.63, 3.8) is 0 Å². The van der Waals surface area contributed by atoms with Gasteiger partial charge >= 0.3 is 0 Å². The number of carbonyl (C=O) groups is 1. The van der Waals surface area contributed by atoms with Crippen LogP contribution in [-0.2, 0) is 0 Å². The summed E-state index contributed by atoms with van der Waals surface area (Å²) in [6.07, 6.45) is -0.955. The first-order valence-electron chi connectivity index (χ1n) is 7.08. The van der Waals surface area contributed by atoms with Crippen molar-refractivity contribution in [1.82, 2.24) is 9.97 Å². The Kier molecular flexibility index (Phi) is 3.83. The molecule has 1 saturated carbocycles. The zero-order chi connectivity index (χ0) is 15.7. The number of alkyl halides is 2. The molecule has 0 aliphatic heterocycles. The molecule has 3 rings (SSSR count). The lowest BCUT2D eigenvalue weighted by Crippen LogP contribution is -2.16. The third kappa shape index (κ3) is 3.27. The van der Waals surface area contributed by atoms with E-state index in [-0.39, 0.29) is 11.6 Å². The van der Waals surface area contributed by atoms with Crippen LogP contribution in [0.1, 0.15) is 52.8 Å². The van der Waals surface area contributed by atoms with Crippen LogP contribution in [0.2, 0.25) is 0 Å². The van der Waals surface area contributed by atoms with Crippen molar-refractivity contribution in [3.8, 4) is 0 Å². The van der Waals surface area contributed by atoms with Crippen molar-refractivity contribution in [2.75, 3.05) is 5.32 Å². The van der Waals surface area contributed by atoms with Crippen molar-refractivity contribution in [2.45, 2.75) is 32.1 Å². The van der Waals surface area contributed by atoms with E-state index >= 15 is 0 Å². The standard InChI is InChI=1S/C16H15F2N3O/c1-9-3-2-4-11(7-9)19-16(22)13-8-12(14(17)18)20-15(21-13)10-5-6-10/h2-4,7-8,10,14H,5-6H2,1H3,(H,19,22). The van der Waals surface area contributed by atoms with Gasteiger partial charge in [-0.3, -0.25) is 4.79 Å². The van der Waals surface area contributed by atoms with E-state index in [9.17, 15) is 13.6 Å². The molecule has 1 amide bonds. The van der Waals surface area contributed by atoms with Gasteiger partial charge in [-0.1, -0.05) is 12.1 Å². The van der Waals surface area contributed by atoms with E-state index in [4.69, 9.17) is 0 Å². The molecule has 0 bridgehead atoms. The molecule has 1 heterocycles. The van der Waals surface area contributed by atoms with Crippen LogP contribution >= 0.6 is 0 Å². The predicted molar refractivity (Wildman–Crippen MR) is 78.1 cm³/mol. The first-order valence-corrected chi connectivity index (χ1v) is 7.08. The van der Waals surface area contributed by atoms with Crippen molar-refractivity contribution in [3.05, 3.63) is 53.1 Å². The van der Waals surface area contributed by atoms with Crippen LogP contribution in [0.5, 0.6) is 0 Å². The Hall–Kier alpha value is -2.37. The number of amides is 1. The zero-order valence-corrected chi connectivity index (χ0v) is 12.0. The predicted octanol–water partition coefficient (Wildman–Crippen LogP) is 3.85. The van der Waals surface area contributed by atoms with Crippen LogP contribution in [0.15, 0.2) is 30.3 Å². The lowest BCUT2D eigenvalue weighted by atomic mass is 10.2. The highest BCUT2D eigenvalue weighted by atomic mass is 19.3. The summed E-state index contributed by atoms with van der Waals surface area (Å²) in [4.78, 5) is 20.2. The number of nitrogens with one attached hydrogen (secondary N) is 1. The molecule has 0 unspecified atom stereocenters. The van der Waals surface area contributed by atoms with Crippen molar-refractivity contribution in [2.24, 2.45) is 0 Å². The van der Waals surface area contributed by atoms with Gasteiger partial charge in [-0.15, -0.1) is 0 Å². The topological polar surface area (TPSA) is 54.9 Å². The fraction of sp³-hybridized carbons (Fsp3) is 0.312. The van der Waals surface area contributed by atoms with Crippen LogP contribution in [0.25, 0.3) is 0 Å². The van der Waals surface area contributed by atoms with E-state index in [0.29, 0.717) is 11.5 Å². The second-order valence-corrected chi connectivity index (χ2v) is 5.43. The van der Waals surface area contributed by atoms with Gasteiger partial charge in [0.05, 0.1) is 0 Å². The molecule has 1 aliphatic carbocycles. The van der Waals surface area contributed by atoms with Gasteiger partial charge < -0.3 is 5.32 Å². The van der Waals surface area contributed by atoms with Crippen LogP contribution in [0.3, 0.4) is 0 Å². The molecular formula is C16H15F2N3O. The minimum absolute atomic E-state index is 0.0197. The number of hydrogen-bond donors (Lipinski definition) is 1. The molecule has 6 heteroatoms. The van der Waals surface area contributed by atoms with E-state index in [0.717, 1.165) is 24.5 Å². The lowest BCUT2D eigenvalue weighted by molar-refractivity contribution is 0.102. The van der Waals surface area contributed by atoms with Crippen LogP contribution in [0.4, 0.5) is 14.5 Å². The summed E-state index contributed by atoms with van der Waals surface area (Å²) in [5.74, 6) is -0.0618. The number of halogens is 2.